The largest absolute Gasteiger partial charge is 0.319 e. The first kappa shape index (κ1) is 14.8. The number of nitrogens with one attached hydrogen (secondary N) is 1. The topological polar surface area (TPSA) is 12.0 Å². The SMILES string of the molecule is C=C(C)CC1CC(C(C)(C)C)CCC1CNC. The molecule has 0 aromatic rings. The molecule has 1 rings (SSSR count). The summed E-state index contributed by atoms with van der Waals surface area (Å²) in [6.45, 7) is 14.7. The summed E-state index contributed by atoms with van der Waals surface area (Å²) in [5.41, 5.74) is 1.82. The maximum absolute atomic E-state index is 4.11. The number of rotatable bonds is 4. The summed E-state index contributed by atoms with van der Waals surface area (Å²) in [7, 11) is 2.08. The summed E-state index contributed by atoms with van der Waals surface area (Å²) in [5, 5.41) is 3.36. The van der Waals surface area contributed by atoms with Crippen LogP contribution in [-0.2, 0) is 0 Å². The highest BCUT2D eigenvalue weighted by Crippen LogP contribution is 2.44. The fraction of sp³-hybridized carbons (Fsp3) is 0.875. The molecule has 1 saturated carbocycles. The minimum atomic E-state index is 0.470. The smallest absolute Gasteiger partial charge is 0.00208 e. The standard InChI is InChI=1S/C16H31N/c1-12(2)9-14-10-15(16(3,4)5)8-7-13(14)11-17-6/h13-15,17H,1,7-11H2,2-6H3. The van der Waals surface area contributed by atoms with Gasteiger partial charge in [-0.25, -0.2) is 0 Å². The highest BCUT2D eigenvalue weighted by molar-refractivity contribution is 4.95. The lowest BCUT2D eigenvalue weighted by atomic mass is 9.64. The Kier molecular flexibility index (Phi) is 5.24. The van der Waals surface area contributed by atoms with E-state index in [-0.39, 0.29) is 0 Å². The average Bonchev–Trinajstić information content (AvgIpc) is 2.18. The normalized spacial score (nSPS) is 30.3. The van der Waals surface area contributed by atoms with E-state index in [1.807, 2.05) is 0 Å². The Bertz CT molecular complexity index is 249. The molecule has 0 aromatic heterocycles. The molecule has 1 aliphatic carbocycles. The van der Waals surface area contributed by atoms with Crippen molar-refractivity contribution in [1.82, 2.24) is 5.32 Å². The van der Waals surface area contributed by atoms with Crippen LogP contribution in [0.2, 0.25) is 0 Å². The van der Waals surface area contributed by atoms with E-state index < -0.39 is 0 Å². The molecule has 1 fully saturated rings. The average molecular weight is 237 g/mol. The molecule has 1 aliphatic rings. The van der Waals surface area contributed by atoms with Crippen LogP contribution in [0.3, 0.4) is 0 Å². The van der Waals surface area contributed by atoms with Gasteiger partial charge in [0.05, 0.1) is 0 Å². The maximum atomic E-state index is 4.11. The first-order valence-electron chi connectivity index (χ1n) is 7.13. The van der Waals surface area contributed by atoms with Crippen LogP contribution in [0.25, 0.3) is 0 Å². The van der Waals surface area contributed by atoms with Crippen molar-refractivity contribution in [3.63, 3.8) is 0 Å². The van der Waals surface area contributed by atoms with E-state index in [2.05, 4.69) is 46.6 Å². The fourth-order valence-corrected chi connectivity index (χ4v) is 3.34. The van der Waals surface area contributed by atoms with Gasteiger partial charge in [0, 0.05) is 0 Å². The molecule has 100 valence electrons. The van der Waals surface area contributed by atoms with E-state index >= 15 is 0 Å². The van der Waals surface area contributed by atoms with Crippen LogP contribution in [0.15, 0.2) is 12.2 Å². The van der Waals surface area contributed by atoms with Crippen molar-refractivity contribution in [2.75, 3.05) is 13.6 Å². The van der Waals surface area contributed by atoms with Crippen LogP contribution in [0.5, 0.6) is 0 Å². The molecule has 0 amide bonds. The second-order valence-corrected chi connectivity index (χ2v) is 7.12. The highest BCUT2D eigenvalue weighted by atomic mass is 14.8. The van der Waals surface area contributed by atoms with Crippen molar-refractivity contribution in [3.05, 3.63) is 12.2 Å². The molecule has 0 radical (unpaired) electrons. The first-order chi connectivity index (χ1) is 7.84. The Hall–Kier alpha value is -0.300. The van der Waals surface area contributed by atoms with Gasteiger partial charge in [0.25, 0.3) is 0 Å². The van der Waals surface area contributed by atoms with Crippen molar-refractivity contribution < 1.29 is 0 Å². The van der Waals surface area contributed by atoms with Gasteiger partial charge in [0.15, 0.2) is 0 Å². The van der Waals surface area contributed by atoms with Gasteiger partial charge in [-0.15, -0.1) is 6.58 Å². The molecular weight excluding hydrogens is 206 g/mol. The molecule has 0 aliphatic heterocycles. The van der Waals surface area contributed by atoms with Crippen LogP contribution >= 0.6 is 0 Å². The van der Waals surface area contributed by atoms with Gasteiger partial charge in [-0.1, -0.05) is 26.3 Å². The van der Waals surface area contributed by atoms with Gasteiger partial charge < -0.3 is 5.32 Å². The molecule has 0 heterocycles. The van der Waals surface area contributed by atoms with Gasteiger partial charge >= 0.3 is 0 Å². The predicted molar refractivity (Wildman–Crippen MR) is 77.1 cm³/mol. The quantitative estimate of drug-likeness (QED) is 0.721. The Morgan fingerprint density at radius 2 is 1.88 bits per heavy atom. The molecule has 17 heavy (non-hydrogen) atoms. The lowest BCUT2D eigenvalue weighted by Gasteiger charge is -2.42. The van der Waals surface area contributed by atoms with Crippen molar-refractivity contribution in [2.45, 2.75) is 53.4 Å². The molecule has 1 N–H and O–H groups in total. The van der Waals surface area contributed by atoms with Gasteiger partial charge in [-0.05, 0) is 69.4 Å². The monoisotopic (exact) mass is 237 g/mol. The van der Waals surface area contributed by atoms with E-state index in [0.717, 1.165) is 17.8 Å². The number of hydrogen-bond acceptors (Lipinski definition) is 1. The summed E-state index contributed by atoms with van der Waals surface area (Å²) in [4.78, 5) is 0. The lowest BCUT2D eigenvalue weighted by molar-refractivity contribution is 0.0981. The number of allylic oxidation sites excluding steroid dienone is 1. The Balaban J connectivity index is 2.66. The second-order valence-electron chi connectivity index (χ2n) is 7.12. The molecule has 1 nitrogen and oxygen atoms in total. The van der Waals surface area contributed by atoms with E-state index in [9.17, 15) is 0 Å². The minimum Gasteiger partial charge on any atom is -0.319 e. The Morgan fingerprint density at radius 1 is 1.24 bits per heavy atom. The highest BCUT2D eigenvalue weighted by Gasteiger charge is 2.35. The maximum Gasteiger partial charge on any atom is -0.00208 e. The zero-order valence-corrected chi connectivity index (χ0v) is 12.5. The second kappa shape index (κ2) is 6.04. The third-order valence-corrected chi connectivity index (χ3v) is 4.44. The van der Waals surface area contributed by atoms with E-state index in [4.69, 9.17) is 0 Å². The third kappa shape index (κ3) is 4.46. The summed E-state index contributed by atoms with van der Waals surface area (Å²) in [6, 6.07) is 0. The molecule has 3 atom stereocenters. The molecular formula is C16H31N. The third-order valence-electron chi connectivity index (χ3n) is 4.44. The van der Waals surface area contributed by atoms with E-state index in [1.54, 1.807) is 0 Å². The predicted octanol–water partition coefficient (Wildman–Crippen LogP) is 4.25. The van der Waals surface area contributed by atoms with Crippen molar-refractivity contribution >= 4 is 0 Å². The number of hydrogen-bond donors (Lipinski definition) is 1. The van der Waals surface area contributed by atoms with E-state index in [1.165, 1.54) is 37.8 Å². The zero-order valence-electron chi connectivity index (χ0n) is 12.5. The summed E-state index contributed by atoms with van der Waals surface area (Å²) in [5.74, 6) is 2.59. The Morgan fingerprint density at radius 3 is 2.35 bits per heavy atom. The van der Waals surface area contributed by atoms with Crippen molar-refractivity contribution in [1.29, 1.82) is 0 Å². The van der Waals surface area contributed by atoms with Crippen molar-refractivity contribution in [2.24, 2.45) is 23.2 Å². The van der Waals surface area contributed by atoms with Gasteiger partial charge in [0.2, 0.25) is 0 Å². The van der Waals surface area contributed by atoms with Gasteiger partial charge in [-0.2, -0.15) is 0 Å². The van der Waals surface area contributed by atoms with Crippen LogP contribution < -0.4 is 5.32 Å². The van der Waals surface area contributed by atoms with Crippen LogP contribution in [0, 0.1) is 23.2 Å². The molecule has 3 unspecified atom stereocenters. The minimum absolute atomic E-state index is 0.470. The first-order valence-corrected chi connectivity index (χ1v) is 7.13. The Labute approximate surface area is 108 Å². The van der Waals surface area contributed by atoms with Crippen molar-refractivity contribution in [3.8, 4) is 0 Å². The fourth-order valence-electron chi connectivity index (χ4n) is 3.34. The van der Waals surface area contributed by atoms with Gasteiger partial charge in [0.1, 0.15) is 0 Å². The van der Waals surface area contributed by atoms with Crippen LogP contribution in [0.1, 0.15) is 53.4 Å². The van der Waals surface area contributed by atoms with Crippen LogP contribution in [0.4, 0.5) is 0 Å². The summed E-state index contributed by atoms with van der Waals surface area (Å²) >= 11 is 0. The van der Waals surface area contributed by atoms with Gasteiger partial charge in [-0.3, -0.25) is 0 Å². The van der Waals surface area contributed by atoms with E-state index in [0.29, 0.717) is 5.41 Å². The molecule has 0 bridgehead atoms. The molecule has 0 spiro atoms. The molecule has 0 saturated heterocycles. The summed E-state index contributed by atoms with van der Waals surface area (Å²) < 4.78 is 0. The summed E-state index contributed by atoms with van der Waals surface area (Å²) in [6.07, 6.45) is 5.41. The van der Waals surface area contributed by atoms with Crippen LogP contribution in [-0.4, -0.2) is 13.6 Å². The zero-order chi connectivity index (χ0) is 13.1. The lowest BCUT2D eigenvalue weighted by Crippen LogP contribution is -2.36. The molecule has 0 aromatic carbocycles. The molecule has 1 heteroatoms.